The third-order valence-corrected chi connectivity index (χ3v) is 4.18. The number of aryl methyl sites for hydroxylation is 3. The molecule has 0 saturated carbocycles. The molecule has 5 nitrogen and oxygen atoms in total. The number of imide groups is 1. The van der Waals surface area contributed by atoms with Gasteiger partial charge < -0.3 is 5.32 Å². The molecule has 0 unspecified atom stereocenters. The number of benzene rings is 2. The maximum Gasteiger partial charge on any atom is 0.325 e. The summed E-state index contributed by atoms with van der Waals surface area (Å²) < 4.78 is 0. The molecule has 0 aliphatic carbocycles. The molecule has 0 bridgehead atoms. The molecule has 2 rings (SSSR count). The van der Waals surface area contributed by atoms with Crippen LogP contribution in [0.25, 0.3) is 0 Å². The minimum Gasteiger partial charge on any atom is -0.307 e. The van der Waals surface area contributed by atoms with E-state index in [1.807, 2.05) is 44.0 Å². The van der Waals surface area contributed by atoms with E-state index >= 15 is 0 Å². The average Bonchev–Trinajstić information content (AvgIpc) is 2.57. The SMILES string of the molecule is CCc1ccc(CN(C)CC(=O)NC(=O)Nc2ccc(C)cc2C)cc1. The fourth-order valence-corrected chi connectivity index (χ4v) is 2.77. The van der Waals surface area contributed by atoms with Crippen molar-refractivity contribution >= 4 is 17.6 Å². The topological polar surface area (TPSA) is 61.4 Å². The van der Waals surface area contributed by atoms with Crippen LogP contribution in [0, 0.1) is 13.8 Å². The summed E-state index contributed by atoms with van der Waals surface area (Å²) in [7, 11) is 1.86. The second kappa shape index (κ2) is 9.15. The first-order valence-electron chi connectivity index (χ1n) is 8.82. The standard InChI is InChI=1S/C21H27N3O2/c1-5-17-7-9-18(10-8-17)13-24(4)14-20(25)23-21(26)22-19-11-6-15(2)12-16(19)3/h6-12H,5,13-14H2,1-4H3,(H2,22,23,25,26). The highest BCUT2D eigenvalue weighted by Crippen LogP contribution is 2.15. The predicted molar refractivity (Wildman–Crippen MR) is 105 cm³/mol. The first-order valence-corrected chi connectivity index (χ1v) is 8.82. The summed E-state index contributed by atoms with van der Waals surface area (Å²) in [4.78, 5) is 26.0. The van der Waals surface area contributed by atoms with Crippen LogP contribution in [0.1, 0.15) is 29.2 Å². The Kier molecular flexibility index (Phi) is 6.92. The zero-order valence-corrected chi connectivity index (χ0v) is 15.9. The number of carbonyl (C=O) groups is 2. The Bertz CT molecular complexity index is 769. The zero-order chi connectivity index (χ0) is 19.1. The fourth-order valence-electron chi connectivity index (χ4n) is 2.77. The molecule has 26 heavy (non-hydrogen) atoms. The largest absolute Gasteiger partial charge is 0.325 e. The van der Waals surface area contributed by atoms with Crippen LogP contribution in [0.3, 0.4) is 0 Å². The van der Waals surface area contributed by atoms with Crippen molar-refractivity contribution < 1.29 is 9.59 Å². The first kappa shape index (κ1) is 19.7. The number of nitrogens with one attached hydrogen (secondary N) is 2. The van der Waals surface area contributed by atoms with Gasteiger partial charge in [0.05, 0.1) is 6.54 Å². The molecule has 0 aliphatic rings. The van der Waals surface area contributed by atoms with Gasteiger partial charge >= 0.3 is 6.03 Å². The predicted octanol–water partition coefficient (Wildman–Crippen LogP) is 3.65. The van der Waals surface area contributed by atoms with Crippen molar-refractivity contribution in [3.63, 3.8) is 0 Å². The summed E-state index contributed by atoms with van der Waals surface area (Å²) in [6.07, 6.45) is 1.01. The lowest BCUT2D eigenvalue weighted by atomic mass is 10.1. The van der Waals surface area contributed by atoms with Gasteiger partial charge in [0.15, 0.2) is 0 Å². The van der Waals surface area contributed by atoms with E-state index in [1.54, 1.807) is 0 Å². The number of likely N-dealkylation sites (N-methyl/N-ethyl adjacent to an activating group) is 1. The van der Waals surface area contributed by atoms with E-state index < -0.39 is 6.03 Å². The zero-order valence-electron chi connectivity index (χ0n) is 15.9. The van der Waals surface area contributed by atoms with Crippen molar-refractivity contribution in [1.29, 1.82) is 0 Å². The van der Waals surface area contributed by atoms with Gasteiger partial charge in [-0.25, -0.2) is 4.79 Å². The van der Waals surface area contributed by atoms with E-state index in [1.165, 1.54) is 5.56 Å². The van der Waals surface area contributed by atoms with E-state index in [-0.39, 0.29) is 12.5 Å². The van der Waals surface area contributed by atoms with E-state index in [9.17, 15) is 9.59 Å². The number of anilines is 1. The molecule has 0 saturated heterocycles. The Hall–Kier alpha value is -2.66. The fraction of sp³-hybridized carbons (Fsp3) is 0.333. The van der Waals surface area contributed by atoms with Crippen LogP contribution in [0.15, 0.2) is 42.5 Å². The average molecular weight is 353 g/mol. The van der Waals surface area contributed by atoms with Gasteiger partial charge in [-0.1, -0.05) is 48.9 Å². The first-order chi connectivity index (χ1) is 12.4. The lowest BCUT2D eigenvalue weighted by Crippen LogP contribution is -2.40. The molecule has 0 spiro atoms. The number of hydrogen-bond acceptors (Lipinski definition) is 3. The molecule has 5 heteroatoms. The van der Waals surface area contributed by atoms with E-state index in [4.69, 9.17) is 0 Å². The van der Waals surface area contributed by atoms with Crippen molar-refractivity contribution in [2.45, 2.75) is 33.7 Å². The Labute approximate surface area is 155 Å². The normalized spacial score (nSPS) is 10.7. The Morgan fingerprint density at radius 2 is 1.65 bits per heavy atom. The van der Waals surface area contributed by atoms with Crippen LogP contribution >= 0.6 is 0 Å². The van der Waals surface area contributed by atoms with E-state index in [0.29, 0.717) is 12.2 Å². The van der Waals surface area contributed by atoms with Gasteiger partial charge in [-0.05, 0) is 50.1 Å². The highest BCUT2D eigenvalue weighted by atomic mass is 16.2. The van der Waals surface area contributed by atoms with Crippen molar-refractivity contribution in [3.8, 4) is 0 Å². The van der Waals surface area contributed by atoms with Gasteiger partial charge in [-0.3, -0.25) is 15.0 Å². The second-order valence-corrected chi connectivity index (χ2v) is 6.66. The summed E-state index contributed by atoms with van der Waals surface area (Å²) in [6.45, 7) is 6.83. The Morgan fingerprint density at radius 1 is 1.00 bits per heavy atom. The van der Waals surface area contributed by atoms with Crippen molar-refractivity contribution in [3.05, 3.63) is 64.7 Å². The van der Waals surface area contributed by atoms with Crippen molar-refractivity contribution in [2.75, 3.05) is 18.9 Å². The van der Waals surface area contributed by atoms with Crippen LogP contribution in [-0.4, -0.2) is 30.4 Å². The molecule has 0 aliphatic heterocycles. The molecule has 2 aromatic carbocycles. The van der Waals surface area contributed by atoms with Crippen molar-refractivity contribution in [2.24, 2.45) is 0 Å². The maximum atomic E-state index is 12.1. The minimum absolute atomic E-state index is 0.149. The number of nitrogens with zero attached hydrogens (tertiary/aromatic N) is 1. The third kappa shape index (κ3) is 6.01. The number of carbonyl (C=O) groups excluding carboxylic acids is 2. The van der Waals surface area contributed by atoms with E-state index in [0.717, 1.165) is 23.1 Å². The summed E-state index contributed by atoms with van der Waals surface area (Å²) in [6, 6.07) is 13.6. The molecular formula is C21H27N3O2. The lowest BCUT2D eigenvalue weighted by molar-refractivity contribution is -0.120. The molecular weight excluding hydrogens is 326 g/mol. The maximum absolute atomic E-state index is 12.1. The van der Waals surface area contributed by atoms with Crippen molar-refractivity contribution in [1.82, 2.24) is 10.2 Å². The van der Waals surface area contributed by atoms with Crippen LogP contribution in [0.2, 0.25) is 0 Å². The number of hydrogen-bond donors (Lipinski definition) is 2. The number of amides is 3. The molecule has 3 amide bonds. The lowest BCUT2D eigenvalue weighted by Gasteiger charge is -2.16. The van der Waals surface area contributed by atoms with Gasteiger partial charge in [0.1, 0.15) is 0 Å². The Balaban J connectivity index is 1.81. The van der Waals surface area contributed by atoms with Crippen LogP contribution in [-0.2, 0) is 17.8 Å². The third-order valence-electron chi connectivity index (χ3n) is 4.18. The molecule has 138 valence electrons. The van der Waals surface area contributed by atoms with Crippen LogP contribution < -0.4 is 10.6 Å². The molecule has 0 atom stereocenters. The Morgan fingerprint density at radius 3 is 2.27 bits per heavy atom. The molecule has 2 aromatic rings. The molecule has 0 radical (unpaired) electrons. The van der Waals surface area contributed by atoms with Gasteiger partial charge in [-0.15, -0.1) is 0 Å². The van der Waals surface area contributed by atoms with Gasteiger partial charge in [-0.2, -0.15) is 0 Å². The minimum atomic E-state index is -0.511. The second-order valence-electron chi connectivity index (χ2n) is 6.66. The quantitative estimate of drug-likeness (QED) is 0.833. The van der Waals surface area contributed by atoms with Gasteiger partial charge in [0, 0.05) is 12.2 Å². The van der Waals surface area contributed by atoms with Crippen LogP contribution in [0.4, 0.5) is 10.5 Å². The molecule has 0 aromatic heterocycles. The highest BCUT2D eigenvalue weighted by Gasteiger charge is 2.12. The van der Waals surface area contributed by atoms with Crippen LogP contribution in [0.5, 0.6) is 0 Å². The molecule has 2 N–H and O–H groups in total. The van der Waals surface area contributed by atoms with E-state index in [2.05, 4.69) is 41.8 Å². The summed E-state index contributed by atoms with van der Waals surface area (Å²) in [5.41, 5.74) is 5.21. The van der Waals surface area contributed by atoms with Gasteiger partial charge in [0.2, 0.25) is 5.91 Å². The summed E-state index contributed by atoms with van der Waals surface area (Å²) in [5.74, 6) is -0.333. The summed E-state index contributed by atoms with van der Waals surface area (Å²) >= 11 is 0. The summed E-state index contributed by atoms with van der Waals surface area (Å²) in [5, 5.41) is 5.09. The molecule has 0 heterocycles. The van der Waals surface area contributed by atoms with Gasteiger partial charge in [0.25, 0.3) is 0 Å². The smallest absolute Gasteiger partial charge is 0.307 e. The monoisotopic (exact) mass is 353 g/mol. The highest BCUT2D eigenvalue weighted by molar-refractivity contribution is 6.02. The molecule has 0 fully saturated rings. The number of rotatable bonds is 6. The number of urea groups is 1.